The summed E-state index contributed by atoms with van der Waals surface area (Å²) in [6.45, 7) is 6.33. The van der Waals surface area contributed by atoms with E-state index in [1.807, 2.05) is 0 Å². The maximum Gasteiger partial charge on any atom is 0.0211 e. The minimum atomic E-state index is 0.829. The topological polar surface area (TPSA) is 15.3 Å². The Hall–Kier alpha value is -0.520. The molecule has 0 bridgehead atoms. The fourth-order valence-electron chi connectivity index (χ4n) is 0.714. The molecule has 0 rings (SSSR count). The third-order valence-electron chi connectivity index (χ3n) is 1.66. The first kappa shape index (κ1) is 10.5. The first-order chi connectivity index (χ1) is 5.31. The van der Waals surface area contributed by atoms with Gasteiger partial charge in [0.15, 0.2) is 0 Å². The van der Waals surface area contributed by atoms with Crippen LogP contribution in [0.25, 0.3) is 0 Å². The van der Waals surface area contributed by atoms with Gasteiger partial charge in [0.05, 0.1) is 0 Å². The zero-order valence-electron chi connectivity index (χ0n) is 7.56. The predicted octanol–water partition coefficient (Wildman–Crippen LogP) is 0.551. The molecule has 0 fully saturated rings. The smallest absolute Gasteiger partial charge is 0.0211 e. The quantitative estimate of drug-likeness (QED) is 0.444. The number of likely N-dealkylation sites (N-methyl/N-ethyl adjacent to an activating group) is 1. The monoisotopic (exact) mass is 154 g/mol. The first-order valence-electron chi connectivity index (χ1n) is 4.14. The maximum absolute atomic E-state index is 5.10. The first-order valence-corrected chi connectivity index (χ1v) is 4.14. The Bertz CT molecular complexity index is 115. The van der Waals surface area contributed by atoms with Gasteiger partial charge in [0.2, 0.25) is 0 Å². The number of rotatable bonds is 6. The number of hydrogen-bond acceptors (Lipinski definition) is 2. The van der Waals surface area contributed by atoms with Crippen LogP contribution in [-0.2, 0) is 0 Å². The van der Waals surface area contributed by atoms with Crippen molar-refractivity contribution in [1.82, 2.24) is 10.2 Å². The van der Waals surface area contributed by atoms with Crippen LogP contribution >= 0.6 is 0 Å². The molecule has 0 aromatic rings. The van der Waals surface area contributed by atoms with Crippen molar-refractivity contribution in [1.29, 1.82) is 0 Å². The second kappa shape index (κ2) is 7.59. The normalized spacial score (nSPS) is 10.0. The summed E-state index contributed by atoms with van der Waals surface area (Å²) in [6.07, 6.45) is 5.93. The van der Waals surface area contributed by atoms with E-state index in [0.29, 0.717) is 0 Å². The standard InChI is InChI=1S/C9H18N2/c1-4-6-7-10-8-9-11(3)5-2/h1,10H,5-9H2,2-3H3. The van der Waals surface area contributed by atoms with Gasteiger partial charge in [0.25, 0.3) is 0 Å². The molecule has 64 valence electrons. The van der Waals surface area contributed by atoms with Gasteiger partial charge in [0.1, 0.15) is 0 Å². The third-order valence-corrected chi connectivity index (χ3v) is 1.66. The molecule has 11 heavy (non-hydrogen) atoms. The molecule has 0 unspecified atom stereocenters. The van der Waals surface area contributed by atoms with Gasteiger partial charge in [-0.25, -0.2) is 0 Å². The largest absolute Gasteiger partial charge is 0.315 e. The van der Waals surface area contributed by atoms with E-state index in [1.165, 1.54) is 0 Å². The van der Waals surface area contributed by atoms with Crippen molar-refractivity contribution in [3.8, 4) is 12.3 Å². The fraction of sp³-hybridized carbons (Fsp3) is 0.778. The molecule has 0 saturated carbocycles. The Morgan fingerprint density at radius 2 is 2.18 bits per heavy atom. The highest BCUT2D eigenvalue weighted by Gasteiger charge is 1.91. The highest BCUT2D eigenvalue weighted by Crippen LogP contribution is 1.77. The van der Waals surface area contributed by atoms with Gasteiger partial charge in [-0.15, -0.1) is 12.3 Å². The van der Waals surface area contributed by atoms with Crippen molar-refractivity contribution in [2.45, 2.75) is 13.3 Å². The molecule has 0 spiro atoms. The summed E-state index contributed by atoms with van der Waals surface area (Å²) in [5.74, 6) is 2.59. The Balaban J connectivity index is 2.97. The molecule has 2 nitrogen and oxygen atoms in total. The van der Waals surface area contributed by atoms with Crippen molar-refractivity contribution in [3.63, 3.8) is 0 Å². The van der Waals surface area contributed by atoms with Gasteiger partial charge in [0, 0.05) is 26.1 Å². The molecule has 0 atom stereocenters. The summed E-state index contributed by atoms with van der Waals surface area (Å²) in [4.78, 5) is 2.27. The third kappa shape index (κ3) is 7.38. The Kier molecular flexibility index (Phi) is 7.23. The second-order valence-corrected chi connectivity index (χ2v) is 2.60. The van der Waals surface area contributed by atoms with E-state index < -0.39 is 0 Å². The average molecular weight is 154 g/mol. The molecular formula is C9H18N2. The summed E-state index contributed by atoms with van der Waals surface area (Å²) in [6, 6.07) is 0. The van der Waals surface area contributed by atoms with Crippen molar-refractivity contribution in [2.75, 3.05) is 33.2 Å². The van der Waals surface area contributed by atoms with E-state index in [0.717, 1.165) is 32.6 Å². The summed E-state index contributed by atoms with van der Waals surface area (Å²) in [5.41, 5.74) is 0. The van der Waals surface area contributed by atoms with Crippen LogP contribution in [0.1, 0.15) is 13.3 Å². The van der Waals surface area contributed by atoms with E-state index in [9.17, 15) is 0 Å². The lowest BCUT2D eigenvalue weighted by atomic mass is 10.4. The minimum Gasteiger partial charge on any atom is -0.315 e. The van der Waals surface area contributed by atoms with E-state index in [1.54, 1.807) is 0 Å². The second-order valence-electron chi connectivity index (χ2n) is 2.60. The van der Waals surface area contributed by atoms with Gasteiger partial charge in [-0.2, -0.15) is 0 Å². The molecule has 0 radical (unpaired) electrons. The molecule has 0 aromatic heterocycles. The van der Waals surface area contributed by atoms with Gasteiger partial charge in [-0.3, -0.25) is 0 Å². The lowest BCUT2D eigenvalue weighted by Gasteiger charge is -2.13. The van der Waals surface area contributed by atoms with Crippen molar-refractivity contribution in [3.05, 3.63) is 0 Å². The van der Waals surface area contributed by atoms with Crippen LogP contribution in [0.5, 0.6) is 0 Å². The van der Waals surface area contributed by atoms with Crippen molar-refractivity contribution < 1.29 is 0 Å². The molecule has 0 heterocycles. The minimum absolute atomic E-state index is 0.829. The summed E-state index contributed by atoms with van der Waals surface area (Å²) >= 11 is 0. The van der Waals surface area contributed by atoms with Crippen LogP contribution in [0.3, 0.4) is 0 Å². The van der Waals surface area contributed by atoms with Crippen LogP contribution < -0.4 is 5.32 Å². The van der Waals surface area contributed by atoms with Gasteiger partial charge in [-0.1, -0.05) is 6.92 Å². The van der Waals surface area contributed by atoms with E-state index in [4.69, 9.17) is 6.42 Å². The molecule has 0 aliphatic carbocycles. The van der Waals surface area contributed by atoms with Crippen molar-refractivity contribution in [2.24, 2.45) is 0 Å². The highest BCUT2D eigenvalue weighted by molar-refractivity contribution is 4.83. The molecule has 0 aliphatic heterocycles. The van der Waals surface area contributed by atoms with Crippen molar-refractivity contribution >= 4 is 0 Å². The van der Waals surface area contributed by atoms with Crippen LogP contribution in [0, 0.1) is 12.3 Å². The van der Waals surface area contributed by atoms with E-state index in [2.05, 4.69) is 30.1 Å². The van der Waals surface area contributed by atoms with Gasteiger partial charge >= 0.3 is 0 Å². The molecule has 0 saturated heterocycles. The number of hydrogen-bond donors (Lipinski definition) is 1. The van der Waals surface area contributed by atoms with Crippen LogP contribution in [-0.4, -0.2) is 38.1 Å². The summed E-state index contributed by atoms with van der Waals surface area (Å²) in [5, 5.41) is 3.27. The Labute approximate surface area is 70.0 Å². The fourth-order valence-corrected chi connectivity index (χ4v) is 0.714. The van der Waals surface area contributed by atoms with Gasteiger partial charge < -0.3 is 10.2 Å². The summed E-state index contributed by atoms with van der Waals surface area (Å²) < 4.78 is 0. The lowest BCUT2D eigenvalue weighted by molar-refractivity contribution is 0.350. The SMILES string of the molecule is C#CCCNCCN(C)CC. The molecule has 0 aliphatic rings. The van der Waals surface area contributed by atoms with Crippen LogP contribution in [0.4, 0.5) is 0 Å². The molecule has 2 heteroatoms. The number of nitrogens with one attached hydrogen (secondary N) is 1. The zero-order valence-corrected chi connectivity index (χ0v) is 7.56. The average Bonchev–Trinajstić information content (AvgIpc) is 2.04. The Morgan fingerprint density at radius 1 is 1.45 bits per heavy atom. The molecule has 1 N–H and O–H groups in total. The highest BCUT2D eigenvalue weighted by atomic mass is 15.1. The Morgan fingerprint density at radius 3 is 2.73 bits per heavy atom. The predicted molar refractivity (Wildman–Crippen MR) is 49.5 cm³/mol. The maximum atomic E-state index is 5.10. The zero-order chi connectivity index (χ0) is 8.53. The van der Waals surface area contributed by atoms with Crippen LogP contribution in [0.2, 0.25) is 0 Å². The van der Waals surface area contributed by atoms with Gasteiger partial charge in [-0.05, 0) is 13.6 Å². The van der Waals surface area contributed by atoms with E-state index in [-0.39, 0.29) is 0 Å². The number of terminal acetylenes is 1. The molecule has 0 aromatic carbocycles. The lowest BCUT2D eigenvalue weighted by Crippen LogP contribution is -2.29. The van der Waals surface area contributed by atoms with Crippen LogP contribution in [0.15, 0.2) is 0 Å². The van der Waals surface area contributed by atoms with E-state index >= 15 is 0 Å². The molecule has 0 amide bonds. The number of nitrogens with zero attached hydrogens (tertiary/aromatic N) is 1. The molecular weight excluding hydrogens is 136 g/mol. The summed E-state index contributed by atoms with van der Waals surface area (Å²) in [7, 11) is 2.11.